The zero-order chi connectivity index (χ0) is 28.1. The zero-order valence-electron chi connectivity index (χ0n) is 23.0. The number of thioether (sulfide) groups is 1. The predicted molar refractivity (Wildman–Crippen MR) is 153 cm³/mol. The summed E-state index contributed by atoms with van der Waals surface area (Å²) in [5.41, 5.74) is 3.12. The fourth-order valence-electron chi connectivity index (χ4n) is 5.28. The standard InChI is InChI=1S/C28H35N7O4S/c1-33-8-9-34(25(36)17-33)16-21-12-20-4-3-7-35(26(20)32-27(21)38-2)28(37)31-24-13-19(22(14-29)15-30-24)5-6-23-18-40-11-10-39-23/h12-13,15,23H,3-11,16-18H2,1-2H3,(H,30,31,37). The molecule has 40 heavy (non-hydrogen) atoms. The summed E-state index contributed by atoms with van der Waals surface area (Å²) < 4.78 is 11.4. The lowest BCUT2D eigenvalue weighted by atomic mass is 10.0. The van der Waals surface area contributed by atoms with E-state index in [0.717, 1.165) is 60.6 Å². The molecule has 0 bridgehead atoms. The molecule has 2 fully saturated rings. The van der Waals surface area contributed by atoms with Crippen molar-refractivity contribution in [3.63, 3.8) is 0 Å². The molecular formula is C28H35N7O4S. The van der Waals surface area contributed by atoms with Gasteiger partial charge < -0.3 is 14.4 Å². The number of pyridine rings is 2. The summed E-state index contributed by atoms with van der Waals surface area (Å²) in [6, 6.07) is 5.66. The van der Waals surface area contributed by atoms with Gasteiger partial charge in [0.15, 0.2) is 0 Å². The summed E-state index contributed by atoms with van der Waals surface area (Å²) in [6.45, 7) is 3.54. The Hall–Kier alpha value is -3.40. The van der Waals surface area contributed by atoms with Crippen molar-refractivity contribution >= 4 is 35.3 Å². The molecular weight excluding hydrogens is 530 g/mol. The van der Waals surface area contributed by atoms with Gasteiger partial charge >= 0.3 is 6.03 Å². The lowest BCUT2D eigenvalue weighted by molar-refractivity contribution is -0.136. The molecule has 1 unspecified atom stereocenters. The molecule has 5 heterocycles. The highest BCUT2D eigenvalue weighted by atomic mass is 32.2. The number of nitriles is 1. The van der Waals surface area contributed by atoms with E-state index in [9.17, 15) is 14.9 Å². The van der Waals surface area contributed by atoms with E-state index in [0.29, 0.717) is 55.7 Å². The van der Waals surface area contributed by atoms with Crippen LogP contribution in [0.15, 0.2) is 18.3 Å². The van der Waals surface area contributed by atoms with E-state index in [4.69, 9.17) is 14.5 Å². The molecule has 0 spiro atoms. The second-order valence-electron chi connectivity index (χ2n) is 10.3. The molecule has 11 nitrogen and oxygen atoms in total. The highest BCUT2D eigenvalue weighted by Gasteiger charge is 2.29. The lowest BCUT2D eigenvalue weighted by Crippen LogP contribution is -2.48. The Morgan fingerprint density at radius 3 is 2.92 bits per heavy atom. The molecule has 2 aromatic rings. The topological polar surface area (TPSA) is 124 Å². The quantitative estimate of drug-likeness (QED) is 0.540. The Labute approximate surface area is 238 Å². The van der Waals surface area contributed by atoms with Crippen LogP contribution in [0.3, 0.4) is 0 Å². The second kappa shape index (κ2) is 12.8. The number of carbonyl (C=O) groups excluding carboxylic acids is 2. The molecule has 5 rings (SSSR count). The molecule has 212 valence electrons. The van der Waals surface area contributed by atoms with Gasteiger partial charge in [0.05, 0.1) is 38.5 Å². The van der Waals surface area contributed by atoms with Gasteiger partial charge in [-0.25, -0.2) is 9.78 Å². The number of hydrogen-bond donors (Lipinski definition) is 1. The van der Waals surface area contributed by atoms with E-state index in [-0.39, 0.29) is 18.0 Å². The van der Waals surface area contributed by atoms with Crippen LogP contribution in [-0.2, 0) is 28.9 Å². The van der Waals surface area contributed by atoms with Crippen LogP contribution >= 0.6 is 11.8 Å². The van der Waals surface area contributed by atoms with E-state index in [1.165, 1.54) is 6.20 Å². The normalized spacial score (nSPS) is 19.6. The fourth-order valence-corrected chi connectivity index (χ4v) is 6.19. The van der Waals surface area contributed by atoms with E-state index < -0.39 is 0 Å². The first-order chi connectivity index (χ1) is 19.4. The molecule has 3 aliphatic heterocycles. The summed E-state index contributed by atoms with van der Waals surface area (Å²) in [5, 5.41) is 12.5. The number of amides is 3. The molecule has 2 aromatic heterocycles. The molecule has 1 N–H and O–H groups in total. The van der Waals surface area contributed by atoms with Crippen LogP contribution in [0.25, 0.3) is 0 Å². The van der Waals surface area contributed by atoms with Gasteiger partial charge in [-0.05, 0) is 56.0 Å². The third kappa shape index (κ3) is 6.49. The van der Waals surface area contributed by atoms with Crippen molar-refractivity contribution in [3.05, 3.63) is 40.6 Å². The maximum Gasteiger partial charge on any atom is 0.328 e. The highest BCUT2D eigenvalue weighted by Crippen LogP contribution is 2.32. The summed E-state index contributed by atoms with van der Waals surface area (Å²) >= 11 is 1.88. The molecule has 1 atom stereocenters. The predicted octanol–water partition coefficient (Wildman–Crippen LogP) is 2.68. The van der Waals surface area contributed by atoms with Crippen LogP contribution < -0.4 is 15.0 Å². The van der Waals surface area contributed by atoms with E-state index in [1.54, 1.807) is 18.1 Å². The minimum atomic E-state index is -0.340. The van der Waals surface area contributed by atoms with Crippen molar-refractivity contribution in [2.45, 2.75) is 38.3 Å². The van der Waals surface area contributed by atoms with Crippen molar-refractivity contribution in [1.29, 1.82) is 5.26 Å². The average molecular weight is 566 g/mol. The minimum Gasteiger partial charge on any atom is -0.481 e. The number of anilines is 2. The maximum atomic E-state index is 13.4. The van der Waals surface area contributed by atoms with Gasteiger partial charge in [-0.2, -0.15) is 22.0 Å². The number of rotatable bonds is 7. The molecule has 2 saturated heterocycles. The molecule has 12 heteroatoms. The number of urea groups is 1. The van der Waals surface area contributed by atoms with Gasteiger partial charge in [-0.15, -0.1) is 0 Å². The van der Waals surface area contributed by atoms with E-state index >= 15 is 0 Å². The number of ether oxygens (including phenoxy) is 2. The first-order valence-corrected chi connectivity index (χ1v) is 14.8. The van der Waals surface area contributed by atoms with Crippen LogP contribution in [0.5, 0.6) is 5.88 Å². The number of likely N-dealkylation sites (N-methyl/N-ethyl adjacent to an activating group) is 1. The smallest absolute Gasteiger partial charge is 0.328 e. The van der Waals surface area contributed by atoms with Crippen molar-refractivity contribution in [2.24, 2.45) is 0 Å². The van der Waals surface area contributed by atoms with Gasteiger partial charge in [0.25, 0.3) is 0 Å². The second-order valence-corrected chi connectivity index (χ2v) is 11.5. The summed E-state index contributed by atoms with van der Waals surface area (Å²) in [6.07, 6.45) is 4.72. The largest absolute Gasteiger partial charge is 0.481 e. The lowest BCUT2D eigenvalue weighted by Gasteiger charge is -2.33. The third-order valence-corrected chi connectivity index (χ3v) is 8.54. The van der Waals surface area contributed by atoms with Gasteiger partial charge in [-0.3, -0.25) is 19.9 Å². The number of piperazine rings is 1. The number of aromatic nitrogens is 2. The number of carbonyl (C=O) groups is 2. The highest BCUT2D eigenvalue weighted by molar-refractivity contribution is 7.99. The molecule has 0 aromatic carbocycles. The van der Waals surface area contributed by atoms with Crippen molar-refractivity contribution < 1.29 is 19.1 Å². The Morgan fingerprint density at radius 1 is 1.30 bits per heavy atom. The first-order valence-electron chi connectivity index (χ1n) is 13.6. The van der Waals surface area contributed by atoms with Gasteiger partial charge in [-0.1, -0.05) is 0 Å². The Balaban J connectivity index is 1.30. The molecule has 3 amide bonds. The van der Waals surface area contributed by atoms with Crippen LogP contribution in [0.1, 0.15) is 35.1 Å². The molecule has 3 aliphatic rings. The maximum absolute atomic E-state index is 13.4. The monoisotopic (exact) mass is 565 g/mol. The van der Waals surface area contributed by atoms with Crippen molar-refractivity contribution in [1.82, 2.24) is 19.8 Å². The fraction of sp³-hybridized carbons (Fsp3) is 0.536. The summed E-state index contributed by atoms with van der Waals surface area (Å²) in [7, 11) is 3.49. The zero-order valence-corrected chi connectivity index (χ0v) is 23.8. The van der Waals surface area contributed by atoms with Crippen LogP contribution in [-0.4, -0.2) is 96.3 Å². The molecule has 0 saturated carbocycles. The van der Waals surface area contributed by atoms with Gasteiger partial charge in [0, 0.05) is 42.9 Å². The number of nitrogens with zero attached hydrogens (tertiary/aromatic N) is 6. The number of hydrogen-bond acceptors (Lipinski definition) is 9. The van der Waals surface area contributed by atoms with Crippen molar-refractivity contribution in [2.75, 3.05) is 68.7 Å². The van der Waals surface area contributed by atoms with Crippen LogP contribution in [0, 0.1) is 11.3 Å². The number of nitrogens with one attached hydrogen (secondary N) is 1. The van der Waals surface area contributed by atoms with Crippen LogP contribution in [0.4, 0.5) is 16.4 Å². The minimum absolute atomic E-state index is 0.0777. The Bertz CT molecular complexity index is 1290. The van der Waals surface area contributed by atoms with E-state index in [2.05, 4.69) is 16.4 Å². The van der Waals surface area contributed by atoms with Crippen LogP contribution in [0.2, 0.25) is 0 Å². The van der Waals surface area contributed by atoms with E-state index in [1.807, 2.05) is 34.7 Å². The molecule has 0 radical (unpaired) electrons. The Morgan fingerprint density at radius 2 is 2.17 bits per heavy atom. The number of fused-ring (bicyclic) bond motifs is 1. The summed E-state index contributed by atoms with van der Waals surface area (Å²) in [5.74, 6) is 3.40. The third-order valence-electron chi connectivity index (χ3n) is 7.48. The first kappa shape index (κ1) is 28.1. The van der Waals surface area contributed by atoms with Crippen molar-refractivity contribution in [3.8, 4) is 11.9 Å². The Kier molecular flexibility index (Phi) is 9.04. The van der Waals surface area contributed by atoms with Gasteiger partial charge in [0.2, 0.25) is 11.8 Å². The SMILES string of the molecule is COc1nc2c(cc1CN1CCN(C)CC1=O)CCCN2C(=O)Nc1cc(CCC2CSCCO2)c(C#N)cn1. The number of methoxy groups -OCH3 is 1. The molecule has 0 aliphatic carbocycles. The summed E-state index contributed by atoms with van der Waals surface area (Å²) in [4.78, 5) is 40.4. The van der Waals surface area contributed by atoms with Gasteiger partial charge in [0.1, 0.15) is 17.7 Å². The average Bonchev–Trinajstić information content (AvgIpc) is 2.97. The number of aryl methyl sites for hydroxylation is 2.